The van der Waals surface area contributed by atoms with Crippen LogP contribution in [-0.4, -0.2) is 33.8 Å². The molecule has 164 valence electrons. The quantitative estimate of drug-likeness (QED) is 0.565. The van der Waals surface area contributed by atoms with Crippen molar-refractivity contribution in [2.75, 3.05) is 7.11 Å². The fourth-order valence-electron chi connectivity index (χ4n) is 4.27. The van der Waals surface area contributed by atoms with E-state index in [-0.39, 0.29) is 0 Å². The molecule has 1 aliphatic carbocycles. The van der Waals surface area contributed by atoms with Crippen molar-refractivity contribution in [3.63, 3.8) is 0 Å². The van der Waals surface area contributed by atoms with Gasteiger partial charge in [0.15, 0.2) is 6.10 Å². The number of carbonyl (C=O) groups is 1. The standard InChI is InChI=1S/C24H28N2O4S/c1-13-18(21(23(27)28)30-24(2,3)4)19(14-10-11-17(29-5)25-12-14)20-15-8-6-7-9-16(15)31-22(20)26-13/h10-12,21H,6-9H2,1-5H3,(H,27,28). The Morgan fingerprint density at radius 3 is 2.58 bits per heavy atom. The molecule has 0 aliphatic heterocycles. The van der Waals surface area contributed by atoms with Gasteiger partial charge in [-0.3, -0.25) is 0 Å². The number of hydrogen-bond donors (Lipinski definition) is 1. The predicted molar refractivity (Wildman–Crippen MR) is 122 cm³/mol. The van der Waals surface area contributed by atoms with Crippen LogP contribution in [0.5, 0.6) is 5.88 Å². The fraction of sp³-hybridized carbons (Fsp3) is 0.458. The van der Waals surface area contributed by atoms with E-state index in [1.807, 2.05) is 33.8 Å². The lowest BCUT2D eigenvalue weighted by Gasteiger charge is -2.28. The fourth-order valence-corrected chi connectivity index (χ4v) is 5.59. The number of aromatic nitrogens is 2. The van der Waals surface area contributed by atoms with E-state index in [9.17, 15) is 9.90 Å². The first-order chi connectivity index (χ1) is 14.7. The molecule has 0 amide bonds. The maximum absolute atomic E-state index is 12.4. The summed E-state index contributed by atoms with van der Waals surface area (Å²) in [4.78, 5) is 24.0. The van der Waals surface area contributed by atoms with Gasteiger partial charge in [-0.2, -0.15) is 0 Å². The van der Waals surface area contributed by atoms with Crippen molar-refractivity contribution in [1.29, 1.82) is 0 Å². The molecule has 6 nitrogen and oxygen atoms in total. The van der Waals surface area contributed by atoms with Gasteiger partial charge in [0.2, 0.25) is 5.88 Å². The first-order valence-electron chi connectivity index (χ1n) is 10.6. The summed E-state index contributed by atoms with van der Waals surface area (Å²) in [5, 5.41) is 11.2. The molecule has 0 saturated heterocycles. The number of hydrogen-bond acceptors (Lipinski definition) is 6. The summed E-state index contributed by atoms with van der Waals surface area (Å²) >= 11 is 1.73. The zero-order valence-electron chi connectivity index (χ0n) is 18.6. The number of carboxylic acid groups (broad SMARTS) is 1. The molecular weight excluding hydrogens is 412 g/mol. The van der Waals surface area contributed by atoms with Crippen LogP contribution in [0.4, 0.5) is 0 Å². The van der Waals surface area contributed by atoms with Crippen molar-refractivity contribution in [2.24, 2.45) is 0 Å². The van der Waals surface area contributed by atoms with E-state index >= 15 is 0 Å². The first kappa shape index (κ1) is 21.7. The Balaban J connectivity index is 2.06. The molecular formula is C24H28N2O4S. The zero-order valence-corrected chi connectivity index (χ0v) is 19.4. The largest absolute Gasteiger partial charge is 0.481 e. The Hall–Kier alpha value is -2.51. The van der Waals surface area contributed by atoms with Gasteiger partial charge in [-0.15, -0.1) is 11.3 Å². The molecule has 1 aliphatic rings. The minimum Gasteiger partial charge on any atom is -0.481 e. The van der Waals surface area contributed by atoms with Gasteiger partial charge in [0.1, 0.15) is 4.83 Å². The highest BCUT2D eigenvalue weighted by Crippen LogP contribution is 2.45. The number of thiophene rings is 1. The van der Waals surface area contributed by atoms with Crippen LogP contribution in [0.1, 0.15) is 61.4 Å². The molecule has 0 spiro atoms. The third-order valence-electron chi connectivity index (χ3n) is 5.52. The van der Waals surface area contributed by atoms with Crippen LogP contribution < -0.4 is 4.74 Å². The van der Waals surface area contributed by atoms with Gasteiger partial charge in [-0.25, -0.2) is 14.8 Å². The molecule has 1 N–H and O–H groups in total. The minimum atomic E-state index is -1.13. The third kappa shape index (κ3) is 4.16. The number of nitrogens with zero attached hydrogens (tertiary/aromatic N) is 2. The Bertz CT molecular complexity index is 1130. The molecule has 0 radical (unpaired) electrons. The minimum absolute atomic E-state index is 0.514. The zero-order chi connectivity index (χ0) is 22.3. The third-order valence-corrected chi connectivity index (χ3v) is 6.71. The van der Waals surface area contributed by atoms with Gasteiger partial charge in [0, 0.05) is 44.9 Å². The molecule has 3 heterocycles. The van der Waals surface area contributed by atoms with E-state index in [4.69, 9.17) is 14.5 Å². The van der Waals surface area contributed by atoms with Crippen molar-refractivity contribution < 1.29 is 19.4 Å². The second-order valence-corrected chi connectivity index (χ2v) is 10.00. The molecule has 3 aromatic heterocycles. The molecule has 1 atom stereocenters. The molecule has 4 rings (SSSR count). The van der Waals surface area contributed by atoms with Crippen LogP contribution >= 0.6 is 11.3 Å². The topological polar surface area (TPSA) is 81.5 Å². The van der Waals surface area contributed by atoms with Gasteiger partial charge < -0.3 is 14.6 Å². The lowest BCUT2D eigenvalue weighted by Crippen LogP contribution is -2.28. The van der Waals surface area contributed by atoms with E-state index in [0.717, 1.165) is 40.6 Å². The monoisotopic (exact) mass is 440 g/mol. The maximum atomic E-state index is 12.4. The number of aliphatic carboxylic acids is 1. The molecule has 3 aromatic rings. The van der Waals surface area contributed by atoms with Crippen molar-refractivity contribution in [3.05, 3.63) is 40.0 Å². The highest BCUT2D eigenvalue weighted by molar-refractivity contribution is 7.19. The molecule has 0 aromatic carbocycles. The Labute approximate surface area is 186 Å². The molecule has 0 bridgehead atoms. The molecule has 7 heteroatoms. The Kier molecular flexibility index (Phi) is 5.75. The normalized spacial score (nSPS) is 15.0. The van der Waals surface area contributed by atoms with Gasteiger partial charge in [0.05, 0.1) is 12.7 Å². The van der Waals surface area contributed by atoms with E-state index in [1.54, 1.807) is 30.7 Å². The summed E-state index contributed by atoms with van der Waals surface area (Å²) in [7, 11) is 1.58. The number of pyridine rings is 2. The van der Waals surface area contributed by atoms with Gasteiger partial charge >= 0.3 is 5.97 Å². The number of rotatable bonds is 5. The van der Waals surface area contributed by atoms with Crippen molar-refractivity contribution in [3.8, 4) is 17.0 Å². The average Bonchev–Trinajstić information content (AvgIpc) is 3.08. The predicted octanol–water partition coefficient (Wildman–Crippen LogP) is 5.49. The summed E-state index contributed by atoms with van der Waals surface area (Å²) in [5.41, 5.74) is 3.66. The second-order valence-electron chi connectivity index (χ2n) is 8.91. The molecule has 0 fully saturated rings. The van der Waals surface area contributed by atoms with Gasteiger partial charge in [-0.1, -0.05) is 0 Å². The van der Waals surface area contributed by atoms with E-state index in [0.29, 0.717) is 17.1 Å². The maximum Gasteiger partial charge on any atom is 0.337 e. The van der Waals surface area contributed by atoms with Crippen LogP contribution in [0, 0.1) is 6.92 Å². The van der Waals surface area contributed by atoms with Crippen LogP contribution in [-0.2, 0) is 22.4 Å². The summed E-state index contributed by atoms with van der Waals surface area (Å²) in [6, 6.07) is 3.74. The van der Waals surface area contributed by atoms with Crippen molar-refractivity contribution in [2.45, 2.75) is 65.1 Å². The van der Waals surface area contributed by atoms with Crippen molar-refractivity contribution >= 4 is 27.5 Å². The molecule has 0 saturated carbocycles. The summed E-state index contributed by atoms with van der Waals surface area (Å²) in [6.07, 6.45) is 4.95. The van der Waals surface area contributed by atoms with E-state index in [1.165, 1.54) is 16.9 Å². The van der Waals surface area contributed by atoms with Crippen LogP contribution in [0.2, 0.25) is 0 Å². The van der Waals surface area contributed by atoms with E-state index in [2.05, 4.69) is 4.98 Å². The lowest BCUT2D eigenvalue weighted by molar-refractivity contribution is -0.160. The number of aryl methyl sites for hydroxylation is 3. The summed E-state index contributed by atoms with van der Waals surface area (Å²) < 4.78 is 11.3. The molecule has 1 unspecified atom stereocenters. The number of methoxy groups -OCH3 is 1. The van der Waals surface area contributed by atoms with Crippen LogP contribution in [0.15, 0.2) is 18.3 Å². The van der Waals surface area contributed by atoms with Crippen LogP contribution in [0.3, 0.4) is 0 Å². The number of carboxylic acids is 1. The Morgan fingerprint density at radius 2 is 1.97 bits per heavy atom. The summed E-state index contributed by atoms with van der Waals surface area (Å²) in [5.74, 6) is -0.508. The Morgan fingerprint density at radius 1 is 1.23 bits per heavy atom. The van der Waals surface area contributed by atoms with Gasteiger partial charge in [0.25, 0.3) is 0 Å². The van der Waals surface area contributed by atoms with E-state index < -0.39 is 17.7 Å². The molecule has 31 heavy (non-hydrogen) atoms. The first-order valence-corrected chi connectivity index (χ1v) is 11.4. The second kappa shape index (κ2) is 8.20. The average molecular weight is 441 g/mol. The highest BCUT2D eigenvalue weighted by Gasteiger charge is 2.34. The lowest BCUT2D eigenvalue weighted by atomic mass is 9.88. The summed E-state index contributed by atoms with van der Waals surface area (Å²) in [6.45, 7) is 7.47. The van der Waals surface area contributed by atoms with Crippen LogP contribution in [0.25, 0.3) is 21.3 Å². The number of fused-ring (bicyclic) bond motifs is 3. The van der Waals surface area contributed by atoms with Crippen molar-refractivity contribution in [1.82, 2.24) is 9.97 Å². The number of ether oxygens (including phenoxy) is 2. The van der Waals surface area contributed by atoms with Gasteiger partial charge in [-0.05, 0) is 65.0 Å². The highest BCUT2D eigenvalue weighted by atomic mass is 32.1. The SMILES string of the molecule is COc1ccc(-c2c(C(OC(C)(C)C)C(=O)O)c(C)nc3sc4c(c23)CCCC4)cn1. The smallest absolute Gasteiger partial charge is 0.337 e.